The molecule has 0 bridgehead atoms. The van der Waals surface area contributed by atoms with Gasteiger partial charge in [-0.3, -0.25) is 0 Å². The number of thiophene rings is 2. The van der Waals surface area contributed by atoms with Gasteiger partial charge in [-0.2, -0.15) is 0 Å². The molecule has 0 N–H and O–H groups in total. The number of hydrogen-bond acceptors (Lipinski definition) is 2. The Morgan fingerprint density at radius 3 is 1.73 bits per heavy atom. The van der Waals surface area contributed by atoms with Crippen LogP contribution in [0.1, 0.15) is 9.75 Å². The van der Waals surface area contributed by atoms with Crippen LogP contribution in [0.3, 0.4) is 0 Å². The Morgan fingerprint density at radius 1 is 0.800 bits per heavy atom. The molecule has 0 unspecified atom stereocenters. The molecule has 0 spiro atoms. The summed E-state index contributed by atoms with van der Waals surface area (Å²) in [6.45, 7) is 0. The molecular formula is C13H10S2. The topological polar surface area (TPSA) is 0 Å². The summed E-state index contributed by atoms with van der Waals surface area (Å²) in [6.07, 6.45) is 8.84. The van der Waals surface area contributed by atoms with Crippen LogP contribution in [0, 0.1) is 0 Å². The minimum absolute atomic E-state index is 0.0162. The van der Waals surface area contributed by atoms with E-state index < -0.39 is 0 Å². The highest BCUT2D eigenvalue weighted by Gasteiger charge is 2.32. The zero-order valence-electron chi connectivity index (χ0n) is 8.09. The van der Waals surface area contributed by atoms with Crippen LogP contribution in [0.2, 0.25) is 0 Å². The van der Waals surface area contributed by atoms with Gasteiger partial charge in [-0.05, 0) is 22.9 Å². The Labute approximate surface area is 97.2 Å². The van der Waals surface area contributed by atoms with Crippen molar-refractivity contribution in [3.05, 3.63) is 69.1 Å². The lowest BCUT2D eigenvalue weighted by Gasteiger charge is -2.22. The molecule has 2 aromatic heterocycles. The zero-order chi connectivity index (χ0) is 10.1. The quantitative estimate of drug-likeness (QED) is 0.724. The first-order valence-electron chi connectivity index (χ1n) is 4.87. The largest absolute Gasteiger partial charge is 0.147 e. The summed E-state index contributed by atoms with van der Waals surface area (Å²) in [4.78, 5) is 2.80. The highest BCUT2D eigenvalue weighted by atomic mass is 32.1. The van der Waals surface area contributed by atoms with Gasteiger partial charge in [0.15, 0.2) is 0 Å². The normalized spacial score (nSPS) is 17.3. The first kappa shape index (κ1) is 9.13. The van der Waals surface area contributed by atoms with Crippen molar-refractivity contribution in [2.45, 2.75) is 5.41 Å². The average Bonchev–Trinajstić information content (AvgIpc) is 3.02. The molecule has 1 aliphatic rings. The van der Waals surface area contributed by atoms with Gasteiger partial charge >= 0.3 is 0 Å². The Balaban J connectivity index is 2.20. The number of hydrogen-bond donors (Lipinski definition) is 0. The molecule has 2 heterocycles. The molecule has 2 heteroatoms. The highest BCUT2D eigenvalue weighted by molar-refractivity contribution is 7.12. The van der Waals surface area contributed by atoms with Crippen molar-refractivity contribution in [3.63, 3.8) is 0 Å². The SMILES string of the molecule is C1=CC(c2cccs2)(c2cccs2)C=C1. The van der Waals surface area contributed by atoms with Crippen LogP contribution < -0.4 is 0 Å². The van der Waals surface area contributed by atoms with E-state index in [2.05, 4.69) is 59.3 Å². The Hall–Kier alpha value is -1.12. The van der Waals surface area contributed by atoms with Crippen molar-refractivity contribution >= 4 is 22.7 Å². The predicted molar refractivity (Wildman–Crippen MR) is 67.7 cm³/mol. The highest BCUT2D eigenvalue weighted by Crippen LogP contribution is 2.42. The van der Waals surface area contributed by atoms with E-state index in [-0.39, 0.29) is 5.41 Å². The third kappa shape index (κ3) is 1.33. The maximum Gasteiger partial charge on any atom is 0.0755 e. The van der Waals surface area contributed by atoms with Crippen molar-refractivity contribution < 1.29 is 0 Å². The van der Waals surface area contributed by atoms with E-state index in [9.17, 15) is 0 Å². The standard InChI is InChI=1S/C13H10S2/c1-2-8-13(7-1,11-5-3-9-14-11)12-6-4-10-15-12/h1-10H. The second kappa shape index (κ2) is 3.47. The number of allylic oxidation sites excluding steroid dienone is 4. The summed E-state index contributed by atoms with van der Waals surface area (Å²) in [7, 11) is 0. The monoisotopic (exact) mass is 230 g/mol. The van der Waals surface area contributed by atoms with E-state index in [1.807, 2.05) is 22.7 Å². The molecule has 0 nitrogen and oxygen atoms in total. The summed E-state index contributed by atoms with van der Waals surface area (Å²) in [6, 6.07) is 8.67. The van der Waals surface area contributed by atoms with Crippen LogP contribution in [-0.2, 0) is 5.41 Å². The smallest absolute Gasteiger partial charge is 0.0755 e. The van der Waals surface area contributed by atoms with E-state index in [0.717, 1.165) is 0 Å². The molecule has 2 aromatic rings. The van der Waals surface area contributed by atoms with Crippen LogP contribution in [0.15, 0.2) is 59.3 Å². The molecular weight excluding hydrogens is 220 g/mol. The van der Waals surface area contributed by atoms with Crippen molar-refractivity contribution in [2.24, 2.45) is 0 Å². The fourth-order valence-corrected chi connectivity index (χ4v) is 3.82. The third-order valence-electron chi connectivity index (χ3n) is 2.69. The molecule has 0 saturated carbocycles. The first-order chi connectivity index (χ1) is 7.42. The molecule has 74 valence electrons. The molecule has 0 fully saturated rings. The predicted octanol–water partition coefficient (Wildman–Crippen LogP) is 4.22. The fourth-order valence-electron chi connectivity index (χ4n) is 1.95. The van der Waals surface area contributed by atoms with E-state index in [1.165, 1.54) is 9.75 Å². The summed E-state index contributed by atoms with van der Waals surface area (Å²) in [5.74, 6) is 0. The molecule has 0 radical (unpaired) electrons. The first-order valence-corrected chi connectivity index (χ1v) is 6.63. The number of rotatable bonds is 2. The lowest BCUT2D eigenvalue weighted by molar-refractivity contribution is 0.876. The van der Waals surface area contributed by atoms with Gasteiger partial charge < -0.3 is 0 Å². The van der Waals surface area contributed by atoms with E-state index in [1.54, 1.807) is 0 Å². The van der Waals surface area contributed by atoms with Gasteiger partial charge in [0.2, 0.25) is 0 Å². The zero-order valence-corrected chi connectivity index (χ0v) is 9.72. The van der Waals surface area contributed by atoms with Crippen LogP contribution in [0.25, 0.3) is 0 Å². The van der Waals surface area contributed by atoms with Crippen molar-refractivity contribution in [1.82, 2.24) is 0 Å². The minimum atomic E-state index is 0.0162. The summed E-state index contributed by atoms with van der Waals surface area (Å²) < 4.78 is 0. The van der Waals surface area contributed by atoms with Gasteiger partial charge in [-0.1, -0.05) is 36.4 Å². The van der Waals surface area contributed by atoms with Gasteiger partial charge in [0.1, 0.15) is 0 Å². The van der Waals surface area contributed by atoms with Crippen molar-refractivity contribution in [3.8, 4) is 0 Å². The van der Waals surface area contributed by atoms with Crippen LogP contribution >= 0.6 is 22.7 Å². The molecule has 15 heavy (non-hydrogen) atoms. The lowest BCUT2D eigenvalue weighted by atomic mass is 9.86. The lowest BCUT2D eigenvalue weighted by Crippen LogP contribution is -2.17. The molecule has 1 aliphatic carbocycles. The Bertz CT molecular complexity index is 438. The maximum absolute atomic E-state index is 2.28. The Kier molecular flexibility index (Phi) is 2.11. The van der Waals surface area contributed by atoms with Crippen molar-refractivity contribution in [2.75, 3.05) is 0 Å². The van der Waals surface area contributed by atoms with Gasteiger partial charge in [0.25, 0.3) is 0 Å². The van der Waals surface area contributed by atoms with Gasteiger partial charge in [0.05, 0.1) is 5.41 Å². The average molecular weight is 230 g/mol. The molecule has 0 atom stereocenters. The summed E-state index contributed by atoms with van der Waals surface area (Å²) in [5.41, 5.74) is 0.0162. The second-order valence-corrected chi connectivity index (χ2v) is 5.44. The molecule has 0 amide bonds. The molecule has 3 rings (SSSR count). The van der Waals surface area contributed by atoms with Gasteiger partial charge in [0, 0.05) is 9.75 Å². The minimum Gasteiger partial charge on any atom is -0.147 e. The van der Waals surface area contributed by atoms with Crippen molar-refractivity contribution in [1.29, 1.82) is 0 Å². The molecule has 0 saturated heterocycles. The Morgan fingerprint density at radius 2 is 1.33 bits per heavy atom. The molecule has 0 aliphatic heterocycles. The van der Waals surface area contributed by atoms with Gasteiger partial charge in [-0.25, -0.2) is 0 Å². The van der Waals surface area contributed by atoms with E-state index >= 15 is 0 Å². The maximum atomic E-state index is 2.28. The second-order valence-electron chi connectivity index (χ2n) is 3.54. The van der Waals surface area contributed by atoms with Gasteiger partial charge in [-0.15, -0.1) is 22.7 Å². The van der Waals surface area contributed by atoms with E-state index in [4.69, 9.17) is 0 Å². The van der Waals surface area contributed by atoms with Crippen LogP contribution in [0.5, 0.6) is 0 Å². The fraction of sp³-hybridized carbons (Fsp3) is 0.0769. The molecule has 0 aromatic carbocycles. The van der Waals surface area contributed by atoms with Crippen LogP contribution in [-0.4, -0.2) is 0 Å². The third-order valence-corrected chi connectivity index (χ3v) is 4.73. The van der Waals surface area contributed by atoms with E-state index in [0.29, 0.717) is 0 Å². The van der Waals surface area contributed by atoms with Crippen LogP contribution in [0.4, 0.5) is 0 Å². The summed E-state index contributed by atoms with van der Waals surface area (Å²) >= 11 is 3.64. The summed E-state index contributed by atoms with van der Waals surface area (Å²) in [5, 5.41) is 4.29.